The molecule has 0 bridgehead atoms. The fraction of sp³-hybridized carbons (Fsp3) is 0.667. The molecule has 66 valence electrons. The quantitative estimate of drug-likeness (QED) is 0.712. The molecular weight excluding hydrogens is 170 g/mol. The lowest BCUT2D eigenvalue weighted by Crippen LogP contribution is -1.99. The van der Waals surface area contributed by atoms with Gasteiger partial charge in [0, 0.05) is 16.5 Å². The number of hydrogen-bond acceptors (Lipinski definition) is 2. The van der Waals surface area contributed by atoms with Crippen LogP contribution >= 0.6 is 11.3 Å². The lowest BCUT2D eigenvalue weighted by Gasteiger charge is -2.06. The van der Waals surface area contributed by atoms with E-state index in [1.165, 1.54) is 47.6 Å². The van der Waals surface area contributed by atoms with Crippen molar-refractivity contribution in [2.45, 2.75) is 38.5 Å². The van der Waals surface area contributed by atoms with Crippen molar-refractivity contribution < 1.29 is 0 Å². The topological polar surface area (TPSA) is 32.9 Å². The van der Waals surface area contributed by atoms with E-state index in [0.29, 0.717) is 5.92 Å². The van der Waals surface area contributed by atoms with Crippen molar-refractivity contribution in [3.8, 4) is 0 Å². The fourth-order valence-electron chi connectivity index (χ4n) is 2.02. The van der Waals surface area contributed by atoms with Crippen molar-refractivity contribution in [3.05, 3.63) is 20.2 Å². The molecular formula is C9H13NOS. The Labute approximate surface area is 75.6 Å². The molecule has 1 saturated carbocycles. The van der Waals surface area contributed by atoms with E-state index in [1.54, 1.807) is 0 Å². The summed E-state index contributed by atoms with van der Waals surface area (Å²) >= 11 is 1.34. The summed E-state index contributed by atoms with van der Waals surface area (Å²) in [5.74, 6) is 0.643. The Balaban J connectivity index is 2.31. The predicted octanol–water partition coefficient (Wildman–Crippen LogP) is 2.40. The highest BCUT2D eigenvalue weighted by atomic mass is 32.1. The number of hydrogen-bond donors (Lipinski definition) is 1. The average molecular weight is 183 g/mol. The molecule has 1 fully saturated rings. The van der Waals surface area contributed by atoms with Gasteiger partial charge >= 0.3 is 4.87 Å². The summed E-state index contributed by atoms with van der Waals surface area (Å²) < 4.78 is 0. The van der Waals surface area contributed by atoms with Crippen molar-refractivity contribution in [1.29, 1.82) is 0 Å². The summed E-state index contributed by atoms with van der Waals surface area (Å²) in [6.07, 6.45) is 5.16. The van der Waals surface area contributed by atoms with Crippen molar-refractivity contribution in [2.75, 3.05) is 0 Å². The maximum absolute atomic E-state index is 11.0. The normalized spacial score (nSPS) is 18.8. The molecule has 2 nitrogen and oxygen atoms in total. The third kappa shape index (κ3) is 1.33. The molecule has 1 N–H and O–H groups in total. The van der Waals surface area contributed by atoms with Crippen molar-refractivity contribution in [1.82, 2.24) is 4.98 Å². The van der Waals surface area contributed by atoms with Crippen molar-refractivity contribution in [2.24, 2.45) is 0 Å². The third-order valence-corrected chi connectivity index (χ3v) is 3.44. The van der Waals surface area contributed by atoms with E-state index in [1.807, 2.05) is 6.92 Å². The third-order valence-electron chi connectivity index (χ3n) is 2.63. The molecule has 1 aliphatic rings. The Kier molecular flexibility index (Phi) is 2.05. The largest absolute Gasteiger partial charge is 0.316 e. The second-order valence-electron chi connectivity index (χ2n) is 3.47. The van der Waals surface area contributed by atoms with Crippen LogP contribution in [0.4, 0.5) is 0 Å². The first-order chi connectivity index (χ1) is 5.77. The Hall–Kier alpha value is -0.570. The summed E-state index contributed by atoms with van der Waals surface area (Å²) in [4.78, 5) is 15.3. The molecule has 0 aliphatic heterocycles. The van der Waals surface area contributed by atoms with Crippen LogP contribution in [0.15, 0.2) is 4.79 Å². The van der Waals surface area contributed by atoms with Crippen LogP contribution < -0.4 is 4.87 Å². The van der Waals surface area contributed by atoms with Crippen LogP contribution in [0.2, 0.25) is 0 Å². The highest BCUT2D eigenvalue weighted by Gasteiger charge is 2.20. The van der Waals surface area contributed by atoms with Crippen molar-refractivity contribution in [3.63, 3.8) is 0 Å². The van der Waals surface area contributed by atoms with Crippen LogP contribution in [0.1, 0.15) is 42.2 Å². The molecule has 0 unspecified atom stereocenters. The first-order valence-electron chi connectivity index (χ1n) is 4.47. The van der Waals surface area contributed by atoms with Gasteiger partial charge < -0.3 is 4.98 Å². The maximum Gasteiger partial charge on any atom is 0.304 e. The highest BCUT2D eigenvalue weighted by molar-refractivity contribution is 7.09. The Bertz CT molecular complexity index is 320. The lowest BCUT2D eigenvalue weighted by molar-refractivity contribution is 0.696. The van der Waals surface area contributed by atoms with Gasteiger partial charge in [-0.25, -0.2) is 0 Å². The first-order valence-corrected chi connectivity index (χ1v) is 5.28. The van der Waals surface area contributed by atoms with Gasteiger partial charge in [-0.2, -0.15) is 0 Å². The minimum Gasteiger partial charge on any atom is -0.316 e. The second kappa shape index (κ2) is 3.05. The Morgan fingerprint density at radius 2 is 2.08 bits per heavy atom. The van der Waals surface area contributed by atoms with Crippen LogP contribution in [0.3, 0.4) is 0 Å². The smallest absolute Gasteiger partial charge is 0.304 e. The summed E-state index contributed by atoms with van der Waals surface area (Å²) in [5.41, 5.74) is 1.21. The monoisotopic (exact) mass is 183 g/mol. The van der Waals surface area contributed by atoms with Gasteiger partial charge in [-0.15, -0.1) is 0 Å². The van der Waals surface area contributed by atoms with E-state index in [4.69, 9.17) is 0 Å². The minimum atomic E-state index is 0.106. The average Bonchev–Trinajstić information content (AvgIpc) is 2.58. The zero-order valence-corrected chi connectivity index (χ0v) is 8.04. The fourth-order valence-corrected chi connectivity index (χ4v) is 2.79. The predicted molar refractivity (Wildman–Crippen MR) is 50.9 cm³/mol. The van der Waals surface area contributed by atoms with Gasteiger partial charge in [0.15, 0.2) is 0 Å². The van der Waals surface area contributed by atoms with E-state index in [2.05, 4.69) is 4.98 Å². The summed E-state index contributed by atoms with van der Waals surface area (Å²) in [6, 6.07) is 0. The van der Waals surface area contributed by atoms with Gasteiger partial charge in [0.1, 0.15) is 0 Å². The van der Waals surface area contributed by atoms with E-state index >= 15 is 0 Å². The first kappa shape index (κ1) is 8.05. The zero-order valence-electron chi connectivity index (χ0n) is 7.22. The minimum absolute atomic E-state index is 0.106. The summed E-state index contributed by atoms with van der Waals surface area (Å²) in [6.45, 7) is 2.04. The number of rotatable bonds is 1. The number of H-pyrrole nitrogens is 1. The van der Waals surface area contributed by atoms with Crippen LogP contribution in [-0.2, 0) is 0 Å². The van der Waals surface area contributed by atoms with Gasteiger partial charge in [0.2, 0.25) is 0 Å². The van der Waals surface area contributed by atoms with Gasteiger partial charge in [0.05, 0.1) is 0 Å². The van der Waals surface area contributed by atoms with Crippen LogP contribution in [-0.4, -0.2) is 4.98 Å². The molecule has 0 spiro atoms. The molecule has 1 heterocycles. The molecule has 0 radical (unpaired) electrons. The Morgan fingerprint density at radius 3 is 2.58 bits per heavy atom. The van der Waals surface area contributed by atoms with Crippen LogP contribution in [0.25, 0.3) is 0 Å². The van der Waals surface area contributed by atoms with Crippen LogP contribution in [0.5, 0.6) is 0 Å². The van der Waals surface area contributed by atoms with E-state index in [0.717, 1.165) is 0 Å². The molecule has 2 rings (SSSR count). The number of aryl methyl sites for hydroxylation is 1. The number of aromatic amines is 1. The van der Waals surface area contributed by atoms with E-state index < -0.39 is 0 Å². The molecule has 3 heteroatoms. The number of thiazole rings is 1. The second-order valence-corrected chi connectivity index (χ2v) is 4.65. The number of nitrogens with one attached hydrogen (secondary N) is 1. The SMILES string of the molecule is Cc1sc(=O)[nH]c1C1CCCC1. The maximum atomic E-state index is 11.0. The van der Waals surface area contributed by atoms with Gasteiger partial charge in [0.25, 0.3) is 0 Å². The van der Waals surface area contributed by atoms with E-state index in [9.17, 15) is 4.79 Å². The van der Waals surface area contributed by atoms with Gasteiger partial charge in [-0.05, 0) is 19.8 Å². The molecule has 0 amide bonds. The van der Waals surface area contributed by atoms with Crippen molar-refractivity contribution >= 4 is 11.3 Å². The highest BCUT2D eigenvalue weighted by Crippen LogP contribution is 2.34. The molecule has 12 heavy (non-hydrogen) atoms. The molecule has 0 atom stereocenters. The van der Waals surface area contributed by atoms with E-state index in [-0.39, 0.29) is 4.87 Å². The number of aromatic nitrogens is 1. The van der Waals surface area contributed by atoms with Crippen LogP contribution in [0, 0.1) is 6.92 Å². The van der Waals surface area contributed by atoms with Gasteiger partial charge in [-0.3, -0.25) is 4.79 Å². The summed E-state index contributed by atoms with van der Waals surface area (Å²) in [5, 5.41) is 0. The molecule has 1 aliphatic carbocycles. The Morgan fingerprint density at radius 1 is 1.42 bits per heavy atom. The van der Waals surface area contributed by atoms with Gasteiger partial charge in [-0.1, -0.05) is 24.2 Å². The molecule has 0 aromatic carbocycles. The lowest BCUT2D eigenvalue weighted by atomic mass is 10.0. The summed E-state index contributed by atoms with van der Waals surface area (Å²) in [7, 11) is 0. The standard InChI is InChI=1S/C9H13NOS/c1-6-8(10-9(11)12-6)7-4-2-3-5-7/h7H,2-5H2,1H3,(H,10,11). The molecule has 0 saturated heterocycles. The molecule has 1 aromatic heterocycles. The zero-order chi connectivity index (χ0) is 8.55. The molecule has 1 aromatic rings.